The van der Waals surface area contributed by atoms with Crippen LogP contribution in [0.3, 0.4) is 0 Å². The first-order chi connectivity index (χ1) is 9.16. The first-order valence-corrected chi connectivity index (χ1v) is 7.18. The molecule has 0 saturated carbocycles. The molecule has 2 nitrogen and oxygen atoms in total. The van der Waals surface area contributed by atoms with Gasteiger partial charge in [-0.3, -0.25) is 0 Å². The third-order valence-corrected chi connectivity index (χ3v) is 4.00. The molecule has 0 unspecified atom stereocenters. The zero-order valence-corrected chi connectivity index (χ0v) is 11.5. The van der Waals surface area contributed by atoms with E-state index in [1.807, 2.05) is 12.1 Å². The molecule has 0 atom stereocenters. The fourth-order valence-electron chi connectivity index (χ4n) is 1.84. The van der Waals surface area contributed by atoms with Gasteiger partial charge in [-0.1, -0.05) is 36.9 Å². The van der Waals surface area contributed by atoms with Crippen LogP contribution in [0.1, 0.15) is 12.8 Å². The fraction of sp³-hybridized carbons (Fsp3) is 0.188. The molecule has 0 saturated heterocycles. The molecule has 0 radical (unpaired) electrons. The number of carbonyl (C=O) groups is 1. The van der Waals surface area contributed by atoms with Crippen LogP contribution in [0.5, 0.6) is 0 Å². The number of carboxylic acids is 1. The molecule has 0 aliphatic heterocycles. The van der Waals surface area contributed by atoms with Crippen LogP contribution in [-0.4, -0.2) is 16.8 Å². The molecule has 3 heteroatoms. The van der Waals surface area contributed by atoms with Crippen molar-refractivity contribution in [1.82, 2.24) is 0 Å². The van der Waals surface area contributed by atoms with Gasteiger partial charge in [0.15, 0.2) is 0 Å². The van der Waals surface area contributed by atoms with E-state index < -0.39 is 5.97 Å². The molecule has 19 heavy (non-hydrogen) atoms. The van der Waals surface area contributed by atoms with Crippen LogP contribution in [0.2, 0.25) is 0 Å². The monoisotopic (exact) mass is 272 g/mol. The Balaban J connectivity index is 1.88. The van der Waals surface area contributed by atoms with E-state index in [2.05, 4.69) is 36.9 Å². The van der Waals surface area contributed by atoms with E-state index in [1.165, 1.54) is 15.7 Å². The Hall–Kier alpha value is -1.74. The first-order valence-electron chi connectivity index (χ1n) is 6.19. The SMILES string of the molecule is C=C(CCCSc1ccc2ccccc2c1)C(=O)O. The molecule has 0 aromatic heterocycles. The third-order valence-electron chi connectivity index (χ3n) is 2.92. The number of fused-ring (bicyclic) bond motifs is 1. The van der Waals surface area contributed by atoms with E-state index in [0.29, 0.717) is 12.0 Å². The van der Waals surface area contributed by atoms with E-state index >= 15 is 0 Å². The molecule has 98 valence electrons. The Labute approximate surface area is 117 Å². The zero-order chi connectivity index (χ0) is 13.7. The van der Waals surface area contributed by atoms with E-state index in [0.717, 1.165) is 12.2 Å². The van der Waals surface area contributed by atoms with Crippen LogP contribution in [0.15, 0.2) is 59.5 Å². The molecule has 0 spiro atoms. The molecule has 2 rings (SSSR count). The fourth-order valence-corrected chi connectivity index (χ4v) is 2.74. The lowest BCUT2D eigenvalue weighted by Gasteiger charge is -2.04. The van der Waals surface area contributed by atoms with Crippen LogP contribution >= 0.6 is 11.8 Å². The standard InChI is InChI=1S/C16H16O2S/c1-12(16(17)18)5-4-10-19-15-9-8-13-6-2-3-7-14(13)11-15/h2-3,6-9,11H,1,4-5,10H2,(H,17,18). The topological polar surface area (TPSA) is 37.3 Å². The first kappa shape index (κ1) is 13.7. The summed E-state index contributed by atoms with van der Waals surface area (Å²) in [7, 11) is 0. The van der Waals surface area contributed by atoms with E-state index in [9.17, 15) is 4.79 Å². The molecule has 2 aromatic carbocycles. The van der Waals surface area contributed by atoms with Crippen LogP contribution in [0, 0.1) is 0 Å². The minimum Gasteiger partial charge on any atom is -0.478 e. The van der Waals surface area contributed by atoms with Crippen molar-refractivity contribution in [2.24, 2.45) is 0 Å². The average Bonchev–Trinajstić information content (AvgIpc) is 2.43. The van der Waals surface area contributed by atoms with Gasteiger partial charge in [0.2, 0.25) is 0 Å². The summed E-state index contributed by atoms with van der Waals surface area (Å²) in [5.74, 6) is 0.0145. The molecule has 0 bridgehead atoms. The highest BCUT2D eigenvalue weighted by Gasteiger charge is 2.03. The summed E-state index contributed by atoms with van der Waals surface area (Å²) in [6, 6.07) is 14.7. The molecular formula is C16H16O2S. The van der Waals surface area contributed by atoms with Gasteiger partial charge in [-0.2, -0.15) is 0 Å². The maximum absolute atomic E-state index is 10.6. The molecular weight excluding hydrogens is 256 g/mol. The molecule has 1 N–H and O–H groups in total. The lowest BCUT2D eigenvalue weighted by Crippen LogP contribution is -1.98. The van der Waals surface area contributed by atoms with Crippen LogP contribution in [0.4, 0.5) is 0 Å². The second-order valence-corrected chi connectivity index (χ2v) is 5.54. The van der Waals surface area contributed by atoms with Crippen molar-refractivity contribution in [3.05, 3.63) is 54.6 Å². The van der Waals surface area contributed by atoms with Crippen molar-refractivity contribution in [2.45, 2.75) is 17.7 Å². The van der Waals surface area contributed by atoms with Gasteiger partial charge in [-0.05, 0) is 41.5 Å². The third kappa shape index (κ3) is 3.86. The van der Waals surface area contributed by atoms with Crippen molar-refractivity contribution in [2.75, 3.05) is 5.75 Å². The number of benzene rings is 2. The molecule has 0 amide bonds. The molecule has 0 fully saturated rings. The van der Waals surface area contributed by atoms with Gasteiger partial charge in [-0.15, -0.1) is 11.8 Å². The van der Waals surface area contributed by atoms with Crippen molar-refractivity contribution < 1.29 is 9.90 Å². The van der Waals surface area contributed by atoms with Crippen molar-refractivity contribution in [3.63, 3.8) is 0 Å². The predicted octanol–water partition coefficient (Wildman–Crippen LogP) is 4.35. The second-order valence-electron chi connectivity index (χ2n) is 4.37. The minimum atomic E-state index is -0.893. The number of carboxylic acid groups (broad SMARTS) is 1. The maximum atomic E-state index is 10.6. The number of hydrogen-bond acceptors (Lipinski definition) is 2. The Bertz CT molecular complexity index is 604. The summed E-state index contributed by atoms with van der Waals surface area (Å²) in [6.45, 7) is 3.53. The highest BCUT2D eigenvalue weighted by atomic mass is 32.2. The summed E-state index contributed by atoms with van der Waals surface area (Å²) in [6.07, 6.45) is 1.39. The summed E-state index contributed by atoms with van der Waals surface area (Å²) < 4.78 is 0. The Kier molecular flexibility index (Phi) is 4.63. The van der Waals surface area contributed by atoms with Crippen LogP contribution in [-0.2, 0) is 4.79 Å². The second kappa shape index (κ2) is 6.43. The molecule has 0 aliphatic rings. The highest BCUT2D eigenvalue weighted by Crippen LogP contribution is 2.24. The Morgan fingerprint density at radius 1 is 1.16 bits per heavy atom. The van der Waals surface area contributed by atoms with Gasteiger partial charge in [-0.25, -0.2) is 4.79 Å². The molecule has 0 aliphatic carbocycles. The Morgan fingerprint density at radius 3 is 2.63 bits per heavy atom. The highest BCUT2D eigenvalue weighted by molar-refractivity contribution is 7.99. The van der Waals surface area contributed by atoms with Crippen molar-refractivity contribution in [1.29, 1.82) is 0 Å². The number of thioether (sulfide) groups is 1. The summed E-state index contributed by atoms with van der Waals surface area (Å²) in [4.78, 5) is 11.8. The van der Waals surface area contributed by atoms with E-state index in [4.69, 9.17) is 5.11 Å². The van der Waals surface area contributed by atoms with E-state index in [1.54, 1.807) is 11.8 Å². The number of aliphatic carboxylic acids is 1. The normalized spacial score (nSPS) is 10.5. The van der Waals surface area contributed by atoms with Crippen molar-refractivity contribution >= 4 is 28.5 Å². The smallest absolute Gasteiger partial charge is 0.330 e. The maximum Gasteiger partial charge on any atom is 0.330 e. The quantitative estimate of drug-likeness (QED) is 0.482. The molecule has 2 aromatic rings. The van der Waals surface area contributed by atoms with Gasteiger partial charge in [0.1, 0.15) is 0 Å². The predicted molar refractivity (Wildman–Crippen MR) is 80.7 cm³/mol. The lowest BCUT2D eigenvalue weighted by molar-refractivity contribution is -0.132. The summed E-state index contributed by atoms with van der Waals surface area (Å²) in [5.41, 5.74) is 0.291. The van der Waals surface area contributed by atoms with Crippen LogP contribution < -0.4 is 0 Å². The van der Waals surface area contributed by atoms with Crippen LogP contribution in [0.25, 0.3) is 10.8 Å². The van der Waals surface area contributed by atoms with Crippen molar-refractivity contribution in [3.8, 4) is 0 Å². The van der Waals surface area contributed by atoms with Gasteiger partial charge in [0, 0.05) is 10.5 Å². The van der Waals surface area contributed by atoms with E-state index in [-0.39, 0.29) is 0 Å². The summed E-state index contributed by atoms with van der Waals surface area (Å²) in [5, 5.41) is 11.2. The van der Waals surface area contributed by atoms with Gasteiger partial charge in [0.05, 0.1) is 0 Å². The largest absolute Gasteiger partial charge is 0.478 e. The average molecular weight is 272 g/mol. The van der Waals surface area contributed by atoms with Gasteiger partial charge < -0.3 is 5.11 Å². The zero-order valence-electron chi connectivity index (χ0n) is 10.6. The molecule has 0 heterocycles. The lowest BCUT2D eigenvalue weighted by atomic mass is 10.1. The Morgan fingerprint density at radius 2 is 1.89 bits per heavy atom. The number of rotatable bonds is 6. The minimum absolute atomic E-state index is 0.291. The number of hydrogen-bond donors (Lipinski definition) is 1. The van der Waals surface area contributed by atoms with Gasteiger partial charge in [0.25, 0.3) is 0 Å². The van der Waals surface area contributed by atoms with Gasteiger partial charge >= 0.3 is 5.97 Å². The summed E-state index contributed by atoms with van der Waals surface area (Å²) >= 11 is 1.75.